The molecular formula is C16H27N3O. The van der Waals surface area contributed by atoms with Gasteiger partial charge in [-0.25, -0.2) is 0 Å². The van der Waals surface area contributed by atoms with Crippen LogP contribution in [0.25, 0.3) is 0 Å². The van der Waals surface area contributed by atoms with E-state index in [2.05, 4.69) is 40.2 Å². The van der Waals surface area contributed by atoms with E-state index < -0.39 is 0 Å². The molecule has 1 aliphatic heterocycles. The number of rotatable bonds is 6. The fourth-order valence-corrected chi connectivity index (χ4v) is 2.71. The second-order valence-corrected chi connectivity index (χ2v) is 5.19. The van der Waals surface area contributed by atoms with E-state index in [9.17, 15) is 0 Å². The Morgan fingerprint density at radius 1 is 1.15 bits per heavy atom. The first-order chi connectivity index (χ1) is 9.78. The Morgan fingerprint density at radius 2 is 1.90 bits per heavy atom. The third-order valence-electron chi connectivity index (χ3n) is 3.87. The topological polar surface area (TPSA) is 27.7 Å². The Kier molecular flexibility index (Phi) is 5.68. The van der Waals surface area contributed by atoms with Crippen LogP contribution in [0.5, 0.6) is 5.75 Å². The van der Waals surface area contributed by atoms with Gasteiger partial charge in [0.15, 0.2) is 0 Å². The number of hydrogen-bond donors (Lipinski definition) is 1. The van der Waals surface area contributed by atoms with Crippen molar-refractivity contribution in [3.8, 4) is 5.75 Å². The van der Waals surface area contributed by atoms with Crippen molar-refractivity contribution in [1.29, 1.82) is 0 Å². The van der Waals surface area contributed by atoms with Gasteiger partial charge in [0.1, 0.15) is 5.75 Å². The van der Waals surface area contributed by atoms with Crippen molar-refractivity contribution in [1.82, 2.24) is 10.2 Å². The van der Waals surface area contributed by atoms with E-state index in [-0.39, 0.29) is 0 Å². The Balaban J connectivity index is 2.13. The molecule has 1 fully saturated rings. The number of nitrogens with zero attached hydrogens (tertiary/aromatic N) is 2. The summed E-state index contributed by atoms with van der Waals surface area (Å²) in [5.74, 6) is 1.02. The molecule has 0 aliphatic carbocycles. The number of anilines is 1. The lowest BCUT2D eigenvalue weighted by atomic mass is 10.1. The SMILES string of the molecule is CCOc1cc(CNC)ccc1N1CCN(CC)CC1. The summed E-state index contributed by atoms with van der Waals surface area (Å²) in [5, 5.41) is 3.19. The van der Waals surface area contributed by atoms with Crippen LogP contribution in [0.15, 0.2) is 18.2 Å². The van der Waals surface area contributed by atoms with Crippen molar-refractivity contribution in [2.75, 3.05) is 51.3 Å². The standard InChI is InChI=1S/C16H27N3O/c1-4-18-8-10-19(11-9-18)15-7-6-14(13-17-3)12-16(15)20-5-2/h6-7,12,17H,4-5,8-11,13H2,1-3H3. The zero-order chi connectivity index (χ0) is 14.4. The van der Waals surface area contributed by atoms with Gasteiger partial charge in [0.05, 0.1) is 12.3 Å². The largest absolute Gasteiger partial charge is 0.492 e. The van der Waals surface area contributed by atoms with Crippen molar-refractivity contribution in [3.05, 3.63) is 23.8 Å². The highest BCUT2D eigenvalue weighted by atomic mass is 16.5. The van der Waals surface area contributed by atoms with Gasteiger partial charge in [-0.3, -0.25) is 0 Å². The molecule has 2 rings (SSSR count). The monoisotopic (exact) mass is 277 g/mol. The van der Waals surface area contributed by atoms with Gasteiger partial charge < -0.3 is 19.9 Å². The minimum absolute atomic E-state index is 0.713. The highest BCUT2D eigenvalue weighted by Crippen LogP contribution is 2.30. The molecule has 1 N–H and O–H groups in total. The summed E-state index contributed by atoms with van der Waals surface area (Å²) in [6.45, 7) is 11.5. The molecule has 4 heteroatoms. The summed E-state index contributed by atoms with van der Waals surface area (Å²) in [5.41, 5.74) is 2.51. The molecule has 1 aromatic carbocycles. The Morgan fingerprint density at radius 3 is 2.50 bits per heavy atom. The first-order valence-corrected chi connectivity index (χ1v) is 7.66. The Bertz CT molecular complexity index is 414. The van der Waals surface area contributed by atoms with Gasteiger partial charge in [-0.05, 0) is 38.2 Å². The van der Waals surface area contributed by atoms with Crippen LogP contribution in [0.4, 0.5) is 5.69 Å². The quantitative estimate of drug-likeness (QED) is 0.860. The van der Waals surface area contributed by atoms with E-state index in [1.807, 2.05) is 14.0 Å². The number of hydrogen-bond acceptors (Lipinski definition) is 4. The number of piperazine rings is 1. The summed E-state index contributed by atoms with van der Waals surface area (Å²) >= 11 is 0. The predicted molar refractivity (Wildman–Crippen MR) is 84.7 cm³/mol. The average Bonchev–Trinajstić information content (AvgIpc) is 2.48. The molecular weight excluding hydrogens is 250 g/mol. The van der Waals surface area contributed by atoms with Gasteiger partial charge in [-0.15, -0.1) is 0 Å². The third kappa shape index (κ3) is 3.64. The highest BCUT2D eigenvalue weighted by Gasteiger charge is 2.19. The van der Waals surface area contributed by atoms with Gasteiger partial charge in [-0.2, -0.15) is 0 Å². The molecule has 0 spiro atoms. The molecule has 1 aliphatic rings. The Hall–Kier alpha value is -1.26. The van der Waals surface area contributed by atoms with E-state index in [4.69, 9.17) is 4.74 Å². The maximum Gasteiger partial charge on any atom is 0.142 e. The van der Waals surface area contributed by atoms with Crippen LogP contribution in [-0.2, 0) is 6.54 Å². The zero-order valence-electron chi connectivity index (χ0n) is 13.0. The number of nitrogens with one attached hydrogen (secondary N) is 1. The molecule has 20 heavy (non-hydrogen) atoms. The molecule has 1 saturated heterocycles. The second kappa shape index (κ2) is 7.50. The van der Waals surface area contributed by atoms with E-state index in [0.29, 0.717) is 6.61 Å². The van der Waals surface area contributed by atoms with Gasteiger partial charge in [0.2, 0.25) is 0 Å². The lowest BCUT2D eigenvalue weighted by molar-refractivity contribution is 0.269. The molecule has 0 aromatic heterocycles. The van der Waals surface area contributed by atoms with Crippen LogP contribution >= 0.6 is 0 Å². The van der Waals surface area contributed by atoms with Crippen molar-refractivity contribution >= 4 is 5.69 Å². The van der Waals surface area contributed by atoms with Crippen molar-refractivity contribution in [2.45, 2.75) is 20.4 Å². The van der Waals surface area contributed by atoms with Crippen LogP contribution in [0.1, 0.15) is 19.4 Å². The smallest absolute Gasteiger partial charge is 0.142 e. The first-order valence-electron chi connectivity index (χ1n) is 7.66. The number of likely N-dealkylation sites (N-methyl/N-ethyl adjacent to an activating group) is 1. The summed E-state index contributed by atoms with van der Waals surface area (Å²) < 4.78 is 5.85. The third-order valence-corrected chi connectivity index (χ3v) is 3.87. The van der Waals surface area contributed by atoms with Crippen molar-refractivity contribution in [3.63, 3.8) is 0 Å². The molecule has 1 heterocycles. The predicted octanol–water partition coefficient (Wildman–Crippen LogP) is 1.95. The fraction of sp³-hybridized carbons (Fsp3) is 0.625. The fourth-order valence-electron chi connectivity index (χ4n) is 2.71. The van der Waals surface area contributed by atoms with Crippen LogP contribution < -0.4 is 15.0 Å². The van der Waals surface area contributed by atoms with E-state index >= 15 is 0 Å². The number of benzene rings is 1. The molecule has 0 unspecified atom stereocenters. The molecule has 0 atom stereocenters. The lowest BCUT2D eigenvalue weighted by Gasteiger charge is -2.36. The molecule has 0 amide bonds. The average molecular weight is 277 g/mol. The summed E-state index contributed by atoms with van der Waals surface area (Å²) in [6, 6.07) is 6.57. The van der Waals surface area contributed by atoms with Gasteiger partial charge in [0.25, 0.3) is 0 Å². The molecule has 4 nitrogen and oxygen atoms in total. The van der Waals surface area contributed by atoms with Crippen LogP contribution in [-0.4, -0.2) is 51.3 Å². The van der Waals surface area contributed by atoms with Crippen molar-refractivity contribution in [2.24, 2.45) is 0 Å². The summed E-state index contributed by atoms with van der Waals surface area (Å²) in [4.78, 5) is 4.94. The van der Waals surface area contributed by atoms with E-state index in [1.165, 1.54) is 11.3 Å². The molecule has 1 aromatic rings. The van der Waals surface area contributed by atoms with E-state index in [1.54, 1.807) is 0 Å². The van der Waals surface area contributed by atoms with Gasteiger partial charge in [-0.1, -0.05) is 13.0 Å². The van der Waals surface area contributed by atoms with Crippen molar-refractivity contribution < 1.29 is 4.74 Å². The maximum absolute atomic E-state index is 5.85. The summed E-state index contributed by atoms with van der Waals surface area (Å²) in [7, 11) is 1.97. The summed E-state index contributed by atoms with van der Waals surface area (Å²) in [6.07, 6.45) is 0. The maximum atomic E-state index is 5.85. The minimum Gasteiger partial charge on any atom is -0.492 e. The second-order valence-electron chi connectivity index (χ2n) is 5.19. The normalized spacial score (nSPS) is 16.4. The zero-order valence-corrected chi connectivity index (χ0v) is 13.0. The number of ether oxygens (including phenoxy) is 1. The molecule has 0 radical (unpaired) electrons. The highest BCUT2D eigenvalue weighted by molar-refractivity contribution is 5.60. The van der Waals surface area contributed by atoms with E-state index in [0.717, 1.165) is 45.0 Å². The minimum atomic E-state index is 0.713. The Labute approximate surface area is 122 Å². The molecule has 0 bridgehead atoms. The molecule has 0 saturated carbocycles. The van der Waals surface area contributed by atoms with Crippen LogP contribution in [0, 0.1) is 0 Å². The van der Waals surface area contributed by atoms with Crippen LogP contribution in [0.2, 0.25) is 0 Å². The molecule has 112 valence electrons. The first kappa shape index (κ1) is 15.1. The van der Waals surface area contributed by atoms with Crippen LogP contribution in [0.3, 0.4) is 0 Å². The lowest BCUT2D eigenvalue weighted by Crippen LogP contribution is -2.46. The van der Waals surface area contributed by atoms with Gasteiger partial charge in [0, 0.05) is 32.7 Å². The van der Waals surface area contributed by atoms with Gasteiger partial charge >= 0.3 is 0 Å².